The fraction of sp³-hybridized carbons (Fsp3) is 0.629. The Morgan fingerprint density at radius 1 is 0.605 bits per heavy atom. The van der Waals surface area contributed by atoms with Crippen LogP contribution in [0, 0.1) is 0 Å². The summed E-state index contributed by atoms with van der Waals surface area (Å²) in [7, 11) is 0. The second-order valence-electron chi connectivity index (χ2n) is 11.0. The summed E-state index contributed by atoms with van der Waals surface area (Å²) >= 11 is 0. The summed E-state index contributed by atoms with van der Waals surface area (Å²) in [6.45, 7) is 2.81. The van der Waals surface area contributed by atoms with Gasteiger partial charge < -0.3 is 10.1 Å². The van der Waals surface area contributed by atoms with Crippen LogP contribution in [0.4, 0.5) is 5.69 Å². The summed E-state index contributed by atoms with van der Waals surface area (Å²) < 4.78 is 5.87. The van der Waals surface area contributed by atoms with Crippen LogP contribution in [-0.4, -0.2) is 5.91 Å². The summed E-state index contributed by atoms with van der Waals surface area (Å²) in [5.41, 5.74) is 1.93. The van der Waals surface area contributed by atoms with Gasteiger partial charge in [-0.3, -0.25) is 4.79 Å². The number of nitrogens with one attached hydrogen (secondary N) is 1. The number of ether oxygens (including phenoxy) is 1. The van der Waals surface area contributed by atoms with Crippen LogP contribution in [0.1, 0.15) is 141 Å². The Hall–Kier alpha value is -2.29. The molecule has 0 heterocycles. The van der Waals surface area contributed by atoms with Crippen LogP contribution in [0.3, 0.4) is 0 Å². The second kappa shape index (κ2) is 22.7. The Balaban J connectivity index is 1.36. The number of carbonyl (C=O) groups is 1. The first-order chi connectivity index (χ1) is 18.8. The molecule has 0 spiro atoms. The molecule has 3 heteroatoms. The first-order valence-corrected chi connectivity index (χ1v) is 15.8. The van der Waals surface area contributed by atoms with Crippen LogP contribution >= 0.6 is 0 Å². The quantitative estimate of drug-likeness (QED) is 0.139. The largest absolute Gasteiger partial charge is 0.489 e. The minimum Gasteiger partial charge on any atom is -0.489 e. The molecule has 1 amide bonds. The highest BCUT2D eigenvalue weighted by Crippen LogP contribution is 2.20. The molecule has 38 heavy (non-hydrogen) atoms. The topological polar surface area (TPSA) is 38.3 Å². The Morgan fingerprint density at radius 2 is 1.11 bits per heavy atom. The van der Waals surface area contributed by atoms with Crippen molar-refractivity contribution in [3.63, 3.8) is 0 Å². The van der Waals surface area contributed by atoms with E-state index in [0.29, 0.717) is 13.0 Å². The molecule has 0 aliphatic rings. The summed E-state index contributed by atoms with van der Waals surface area (Å²) in [5, 5.41) is 3.02. The number of amides is 1. The van der Waals surface area contributed by atoms with Gasteiger partial charge in [-0.1, -0.05) is 159 Å². The number of anilines is 1. The molecule has 212 valence electrons. The molecule has 0 saturated heterocycles. The maximum Gasteiger partial charge on any atom is 0.224 e. The summed E-state index contributed by atoms with van der Waals surface area (Å²) in [6, 6.07) is 17.8. The maximum absolute atomic E-state index is 12.3. The van der Waals surface area contributed by atoms with E-state index in [1.165, 1.54) is 109 Å². The smallest absolute Gasteiger partial charge is 0.224 e. The van der Waals surface area contributed by atoms with E-state index in [1.54, 1.807) is 0 Å². The zero-order valence-electron chi connectivity index (χ0n) is 24.4. The molecule has 0 aliphatic carbocycles. The van der Waals surface area contributed by atoms with Gasteiger partial charge in [-0.05, 0) is 24.1 Å². The SMILES string of the molecule is CCCCCCCCCCCCCCCCCCCCCC(=O)Nc1cccc(OCc2ccccc2)c1. The standard InChI is InChI=1S/C35H55NO2/c1-2-3-4-5-6-7-8-9-10-11-12-13-14-15-16-17-18-19-23-29-35(37)36-33-27-24-28-34(30-33)38-31-32-25-21-20-22-26-32/h20-22,24-28,30H,2-19,23,29,31H2,1H3,(H,36,37). The van der Waals surface area contributed by atoms with Crippen LogP contribution < -0.4 is 10.1 Å². The van der Waals surface area contributed by atoms with Crippen molar-refractivity contribution in [1.29, 1.82) is 0 Å². The zero-order valence-corrected chi connectivity index (χ0v) is 24.4. The number of benzene rings is 2. The third-order valence-electron chi connectivity index (χ3n) is 7.37. The van der Waals surface area contributed by atoms with Crippen LogP contribution in [0.5, 0.6) is 5.75 Å². The fourth-order valence-electron chi connectivity index (χ4n) is 4.99. The molecule has 0 bridgehead atoms. The summed E-state index contributed by atoms with van der Waals surface area (Å²) in [4.78, 5) is 12.3. The lowest BCUT2D eigenvalue weighted by Gasteiger charge is -2.09. The summed E-state index contributed by atoms with van der Waals surface area (Å²) in [5.74, 6) is 0.868. The lowest BCUT2D eigenvalue weighted by atomic mass is 10.0. The molecule has 0 radical (unpaired) electrons. The molecule has 0 atom stereocenters. The Kier molecular flexibility index (Phi) is 19.0. The van der Waals surface area contributed by atoms with E-state index >= 15 is 0 Å². The van der Waals surface area contributed by atoms with Crippen molar-refractivity contribution >= 4 is 11.6 Å². The minimum atomic E-state index is 0.0946. The van der Waals surface area contributed by atoms with Gasteiger partial charge in [-0.2, -0.15) is 0 Å². The number of hydrogen-bond acceptors (Lipinski definition) is 2. The Labute approximate surface area is 234 Å². The monoisotopic (exact) mass is 521 g/mol. The minimum absolute atomic E-state index is 0.0946. The molecule has 2 rings (SSSR count). The van der Waals surface area contributed by atoms with Crippen molar-refractivity contribution < 1.29 is 9.53 Å². The highest BCUT2D eigenvalue weighted by atomic mass is 16.5. The van der Waals surface area contributed by atoms with Crippen LogP contribution in [0.25, 0.3) is 0 Å². The number of rotatable bonds is 24. The van der Waals surface area contributed by atoms with Crippen molar-refractivity contribution in [3.05, 3.63) is 60.2 Å². The summed E-state index contributed by atoms with van der Waals surface area (Å²) in [6.07, 6.45) is 26.5. The predicted octanol–water partition coefficient (Wildman–Crippen LogP) is 11.0. The molecule has 3 nitrogen and oxygen atoms in total. The van der Waals surface area contributed by atoms with Gasteiger partial charge in [0.05, 0.1) is 0 Å². The van der Waals surface area contributed by atoms with Crippen LogP contribution in [0.2, 0.25) is 0 Å². The lowest BCUT2D eigenvalue weighted by Crippen LogP contribution is -2.11. The van der Waals surface area contributed by atoms with Crippen molar-refractivity contribution in [2.24, 2.45) is 0 Å². The molecular formula is C35H55NO2. The first kappa shape index (κ1) is 31.9. The van der Waals surface area contributed by atoms with E-state index in [9.17, 15) is 4.79 Å². The van der Waals surface area contributed by atoms with Crippen molar-refractivity contribution in [1.82, 2.24) is 0 Å². The van der Waals surface area contributed by atoms with Gasteiger partial charge in [0.2, 0.25) is 5.91 Å². The third kappa shape index (κ3) is 17.3. The van der Waals surface area contributed by atoms with Gasteiger partial charge in [-0.15, -0.1) is 0 Å². The molecule has 2 aromatic rings. The average Bonchev–Trinajstić information content (AvgIpc) is 2.94. The van der Waals surface area contributed by atoms with E-state index < -0.39 is 0 Å². The van der Waals surface area contributed by atoms with Gasteiger partial charge >= 0.3 is 0 Å². The number of hydrogen-bond donors (Lipinski definition) is 1. The van der Waals surface area contributed by atoms with Crippen LogP contribution in [0.15, 0.2) is 54.6 Å². The van der Waals surface area contributed by atoms with E-state index in [4.69, 9.17) is 4.74 Å². The molecule has 0 unspecified atom stereocenters. The molecule has 0 aliphatic heterocycles. The van der Waals surface area contributed by atoms with E-state index in [0.717, 1.165) is 29.8 Å². The Bertz CT molecular complexity index is 820. The second-order valence-corrected chi connectivity index (χ2v) is 11.0. The van der Waals surface area contributed by atoms with E-state index in [-0.39, 0.29) is 5.91 Å². The fourth-order valence-corrected chi connectivity index (χ4v) is 4.99. The van der Waals surface area contributed by atoms with Gasteiger partial charge in [0.15, 0.2) is 0 Å². The molecule has 0 fully saturated rings. The van der Waals surface area contributed by atoms with Gasteiger partial charge in [0.25, 0.3) is 0 Å². The highest BCUT2D eigenvalue weighted by Gasteiger charge is 2.04. The van der Waals surface area contributed by atoms with Gasteiger partial charge in [-0.25, -0.2) is 0 Å². The van der Waals surface area contributed by atoms with Gasteiger partial charge in [0, 0.05) is 18.2 Å². The first-order valence-electron chi connectivity index (χ1n) is 15.8. The third-order valence-corrected chi connectivity index (χ3v) is 7.37. The average molecular weight is 522 g/mol. The van der Waals surface area contributed by atoms with Crippen molar-refractivity contribution in [2.45, 2.75) is 142 Å². The predicted molar refractivity (Wildman–Crippen MR) is 164 cm³/mol. The maximum atomic E-state index is 12.3. The normalized spacial score (nSPS) is 11.0. The lowest BCUT2D eigenvalue weighted by molar-refractivity contribution is -0.116. The molecule has 0 saturated carbocycles. The zero-order chi connectivity index (χ0) is 26.9. The van der Waals surface area contributed by atoms with E-state index in [2.05, 4.69) is 12.2 Å². The number of carbonyl (C=O) groups excluding carboxylic acids is 1. The molecule has 2 aromatic carbocycles. The Morgan fingerprint density at radius 3 is 1.63 bits per heavy atom. The molecular weight excluding hydrogens is 466 g/mol. The van der Waals surface area contributed by atoms with Crippen LogP contribution in [-0.2, 0) is 11.4 Å². The molecule has 0 aromatic heterocycles. The van der Waals surface area contributed by atoms with Gasteiger partial charge in [0.1, 0.15) is 12.4 Å². The van der Waals surface area contributed by atoms with Crippen molar-refractivity contribution in [3.8, 4) is 5.75 Å². The van der Waals surface area contributed by atoms with E-state index in [1.807, 2.05) is 54.6 Å². The molecule has 1 N–H and O–H groups in total. The number of unbranched alkanes of at least 4 members (excludes halogenated alkanes) is 18. The highest BCUT2D eigenvalue weighted by molar-refractivity contribution is 5.90. The van der Waals surface area contributed by atoms with Crippen molar-refractivity contribution in [2.75, 3.05) is 5.32 Å².